The van der Waals surface area contributed by atoms with Gasteiger partial charge in [0.15, 0.2) is 0 Å². The molecule has 1 saturated carbocycles. The van der Waals surface area contributed by atoms with Crippen molar-refractivity contribution in [3.05, 3.63) is 17.5 Å². The van der Waals surface area contributed by atoms with E-state index in [0.29, 0.717) is 12.2 Å². The predicted molar refractivity (Wildman–Crippen MR) is 63.5 cm³/mol. The number of nitrogens with zero attached hydrogens (tertiary/aromatic N) is 1. The Hall–Kier alpha value is -1.36. The van der Waals surface area contributed by atoms with Crippen LogP contribution >= 0.6 is 0 Å². The van der Waals surface area contributed by atoms with Crippen LogP contribution in [0.5, 0.6) is 0 Å². The van der Waals surface area contributed by atoms with E-state index in [4.69, 9.17) is 10.3 Å². The van der Waals surface area contributed by atoms with E-state index in [1.807, 2.05) is 0 Å². The van der Waals surface area contributed by atoms with Gasteiger partial charge in [0.05, 0.1) is 5.69 Å². The number of nitrogens with two attached hydrogens (primary N) is 1. The zero-order chi connectivity index (χ0) is 12.5. The predicted octanol–water partition coefficient (Wildman–Crippen LogP) is 1.23. The first kappa shape index (κ1) is 12.1. The second-order valence-electron chi connectivity index (χ2n) is 5.33. The quantitative estimate of drug-likeness (QED) is 0.828. The van der Waals surface area contributed by atoms with E-state index in [1.165, 1.54) is 0 Å². The molecule has 1 fully saturated rings. The summed E-state index contributed by atoms with van der Waals surface area (Å²) in [7, 11) is 0. The number of rotatable bonds is 3. The fraction of sp³-hybridized carbons (Fsp3) is 0.667. The molecule has 5 heteroatoms. The van der Waals surface area contributed by atoms with Crippen molar-refractivity contribution in [3.8, 4) is 0 Å². The zero-order valence-corrected chi connectivity index (χ0v) is 10.3. The number of carbonyl (C=O) groups is 1. The molecule has 0 unspecified atom stereocenters. The zero-order valence-electron chi connectivity index (χ0n) is 10.3. The molecule has 3 N–H and O–H groups in total. The molecule has 0 aliphatic heterocycles. The summed E-state index contributed by atoms with van der Waals surface area (Å²) in [4.78, 5) is 11.8. The molecule has 0 saturated heterocycles. The molecule has 0 radical (unpaired) electrons. The summed E-state index contributed by atoms with van der Waals surface area (Å²) in [6, 6.07) is 1.90. The summed E-state index contributed by atoms with van der Waals surface area (Å²) in [6.07, 6.45) is 3.06. The molecule has 94 valence electrons. The minimum absolute atomic E-state index is 0.115. The van der Waals surface area contributed by atoms with E-state index in [0.717, 1.165) is 19.3 Å². The van der Waals surface area contributed by atoms with Crippen molar-refractivity contribution in [1.82, 2.24) is 10.5 Å². The molecular formula is C12H19N3O2. The van der Waals surface area contributed by atoms with Gasteiger partial charge in [0.1, 0.15) is 0 Å². The molecule has 5 nitrogen and oxygen atoms in total. The van der Waals surface area contributed by atoms with Gasteiger partial charge in [0.25, 0.3) is 5.91 Å². The van der Waals surface area contributed by atoms with Gasteiger partial charge in [0.2, 0.25) is 5.76 Å². The van der Waals surface area contributed by atoms with Gasteiger partial charge in [-0.2, -0.15) is 0 Å². The van der Waals surface area contributed by atoms with Crippen LogP contribution in [0, 0.1) is 12.3 Å². The minimum atomic E-state index is -0.202. The highest BCUT2D eigenvalue weighted by molar-refractivity contribution is 5.91. The summed E-state index contributed by atoms with van der Waals surface area (Å²) < 4.78 is 4.91. The van der Waals surface area contributed by atoms with Crippen LogP contribution in [-0.2, 0) is 0 Å². The summed E-state index contributed by atoms with van der Waals surface area (Å²) in [5.74, 6) is 0.0701. The van der Waals surface area contributed by atoms with E-state index in [-0.39, 0.29) is 23.1 Å². The number of amides is 1. The summed E-state index contributed by atoms with van der Waals surface area (Å²) in [5, 5.41) is 6.58. The number of hydrogen-bond donors (Lipinski definition) is 2. The topological polar surface area (TPSA) is 81.2 Å². The van der Waals surface area contributed by atoms with Gasteiger partial charge in [-0.1, -0.05) is 12.1 Å². The summed E-state index contributed by atoms with van der Waals surface area (Å²) in [5.41, 5.74) is 6.72. The number of nitrogens with one attached hydrogen (secondary N) is 1. The van der Waals surface area contributed by atoms with Gasteiger partial charge >= 0.3 is 0 Å². The average Bonchev–Trinajstić information content (AvgIpc) is 2.83. The Balaban J connectivity index is 1.88. The second-order valence-corrected chi connectivity index (χ2v) is 5.33. The fourth-order valence-electron chi connectivity index (χ4n) is 2.38. The molecule has 1 heterocycles. The molecule has 1 aromatic heterocycles. The van der Waals surface area contributed by atoms with Crippen molar-refractivity contribution in [2.45, 2.75) is 39.2 Å². The lowest BCUT2D eigenvalue weighted by atomic mass is 9.88. The lowest BCUT2D eigenvalue weighted by Gasteiger charge is -2.23. The third-order valence-corrected chi connectivity index (χ3v) is 3.40. The van der Waals surface area contributed by atoms with Crippen molar-refractivity contribution >= 4 is 5.91 Å². The van der Waals surface area contributed by atoms with Gasteiger partial charge in [-0.3, -0.25) is 4.79 Å². The molecule has 2 rings (SSSR count). The summed E-state index contributed by atoms with van der Waals surface area (Å²) in [6.45, 7) is 4.59. The smallest absolute Gasteiger partial charge is 0.289 e. The Morgan fingerprint density at radius 1 is 1.76 bits per heavy atom. The van der Waals surface area contributed by atoms with Crippen LogP contribution in [0.2, 0.25) is 0 Å². The summed E-state index contributed by atoms with van der Waals surface area (Å²) >= 11 is 0. The van der Waals surface area contributed by atoms with Crippen molar-refractivity contribution < 1.29 is 9.32 Å². The maximum absolute atomic E-state index is 11.8. The SMILES string of the molecule is Cc1cc(C(=O)NC[C@@]2(C)CC[C@H](N)C2)on1. The number of aryl methyl sites for hydroxylation is 1. The van der Waals surface area contributed by atoms with E-state index in [9.17, 15) is 4.79 Å². The monoisotopic (exact) mass is 237 g/mol. The second kappa shape index (κ2) is 4.49. The van der Waals surface area contributed by atoms with Crippen molar-refractivity contribution in [2.24, 2.45) is 11.1 Å². The van der Waals surface area contributed by atoms with Crippen LogP contribution in [0.25, 0.3) is 0 Å². The number of hydrogen-bond acceptors (Lipinski definition) is 4. The molecule has 1 amide bonds. The van der Waals surface area contributed by atoms with Crippen molar-refractivity contribution in [3.63, 3.8) is 0 Å². The molecule has 0 spiro atoms. The van der Waals surface area contributed by atoms with Gasteiger partial charge in [-0.25, -0.2) is 0 Å². The third kappa shape index (κ3) is 2.85. The largest absolute Gasteiger partial charge is 0.351 e. The van der Waals surface area contributed by atoms with Crippen molar-refractivity contribution in [2.75, 3.05) is 6.54 Å². The molecule has 0 aromatic carbocycles. The van der Waals surface area contributed by atoms with Crippen molar-refractivity contribution in [1.29, 1.82) is 0 Å². The van der Waals surface area contributed by atoms with Crippen LogP contribution in [-0.4, -0.2) is 23.7 Å². The van der Waals surface area contributed by atoms with Gasteiger partial charge in [-0.15, -0.1) is 0 Å². The molecule has 1 aliphatic rings. The average molecular weight is 237 g/mol. The molecular weight excluding hydrogens is 218 g/mol. The first-order valence-electron chi connectivity index (χ1n) is 5.96. The lowest BCUT2D eigenvalue weighted by Crippen LogP contribution is -2.35. The van der Waals surface area contributed by atoms with Crippen LogP contribution in [0.4, 0.5) is 0 Å². The Labute approximate surface area is 101 Å². The van der Waals surface area contributed by atoms with Crippen LogP contribution in [0.3, 0.4) is 0 Å². The van der Waals surface area contributed by atoms with E-state index in [1.54, 1.807) is 13.0 Å². The highest BCUT2D eigenvalue weighted by Crippen LogP contribution is 2.36. The first-order valence-corrected chi connectivity index (χ1v) is 5.96. The Morgan fingerprint density at radius 3 is 3.06 bits per heavy atom. The molecule has 0 bridgehead atoms. The van der Waals surface area contributed by atoms with E-state index >= 15 is 0 Å². The van der Waals surface area contributed by atoms with Crippen LogP contribution in [0.1, 0.15) is 42.4 Å². The van der Waals surface area contributed by atoms with Gasteiger partial charge < -0.3 is 15.6 Å². The Bertz CT molecular complexity index is 416. The molecule has 2 atom stereocenters. The third-order valence-electron chi connectivity index (χ3n) is 3.40. The maximum atomic E-state index is 11.8. The molecule has 17 heavy (non-hydrogen) atoms. The first-order chi connectivity index (χ1) is 7.98. The van der Waals surface area contributed by atoms with Crippen LogP contribution in [0.15, 0.2) is 10.6 Å². The lowest BCUT2D eigenvalue weighted by molar-refractivity contribution is 0.0897. The fourth-order valence-corrected chi connectivity index (χ4v) is 2.38. The highest BCUT2D eigenvalue weighted by atomic mass is 16.5. The maximum Gasteiger partial charge on any atom is 0.289 e. The number of carbonyl (C=O) groups excluding carboxylic acids is 1. The van der Waals surface area contributed by atoms with E-state index in [2.05, 4.69) is 17.4 Å². The van der Waals surface area contributed by atoms with Gasteiger partial charge in [0, 0.05) is 18.7 Å². The standard InChI is InChI=1S/C12H19N3O2/c1-8-5-10(17-15-8)11(16)14-7-12(2)4-3-9(13)6-12/h5,9H,3-4,6-7,13H2,1-2H3,(H,14,16)/t9-,12-/m0/s1. The van der Waals surface area contributed by atoms with Gasteiger partial charge in [-0.05, 0) is 31.6 Å². The normalized spacial score (nSPS) is 28.3. The van der Waals surface area contributed by atoms with E-state index < -0.39 is 0 Å². The van der Waals surface area contributed by atoms with Crippen LogP contribution < -0.4 is 11.1 Å². The highest BCUT2D eigenvalue weighted by Gasteiger charge is 2.33. The molecule has 1 aromatic rings. The minimum Gasteiger partial charge on any atom is -0.351 e. The Kier molecular flexibility index (Phi) is 3.19. The molecule has 1 aliphatic carbocycles. The Morgan fingerprint density at radius 2 is 2.53 bits per heavy atom. The number of aromatic nitrogens is 1.